The van der Waals surface area contributed by atoms with E-state index < -0.39 is 5.41 Å². The third-order valence-corrected chi connectivity index (χ3v) is 4.71. The van der Waals surface area contributed by atoms with Crippen molar-refractivity contribution in [1.29, 1.82) is 0 Å². The highest BCUT2D eigenvalue weighted by Gasteiger charge is 2.45. The molecule has 5 heteroatoms. The van der Waals surface area contributed by atoms with Crippen LogP contribution in [0.25, 0.3) is 0 Å². The van der Waals surface area contributed by atoms with Crippen LogP contribution in [0, 0.1) is 31.6 Å². The van der Waals surface area contributed by atoms with Crippen LogP contribution in [0.3, 0.4) is 0 Å². The van der Waals surface area contributed by atoms with E-state index in [0.29, 0.717) is 13.1 Å². The largest absolute Gasteiger partial charge is 0.338 e. The maximum Gasteiger partial charge on any atom is 0.240 e. The number of hydrogen-bond donors (Lipinski definition) is 0. The summed E-state index contributed by atoms with van der Waals surface area (Å²) in [5.41, 5.74) is 1.43. The van der Waals surface area contributed by atoms with Crippen LogP contribution in [0.1, 0.15) is 30.7 Å². The van der Waals surface area contributed by atoms with E-state index in [4.69, 9.17) is 6.42 Å². The van der Waals surface area contributed by atoms with Crippen LogP contribution in [0.15, 0.2) is 6.07 Å². The number of aromatic nitrogens is 2. The maximum atomic E-state index is 12.6. The summed E-state index contributed by atoms with van der Waals surface area (Å²) >= 11 is 0. The lowest BCUT2D eigenvalue weighted by molar-refractivity contribution is -0.143. The van der Waals surface area contributed by atoms with E-state index in [0.717, 1.165) is 49.7 Å². The van der Waals surface area contributed by atoms with Crippen LogP contribution < -0.4 is 4.90 Å². The minimum Gasteiger partial charge on any atom is -0.338 e. The van der Waals surface area contributed by atoms with Gasteiger partial charge >= 0.3 is 0 Å². The Bertz CT molecular complexity index is 602. The number of anilines is 1. The van der Waals surface area contributed by atoms with E-state index in [1.165, 1.54) is 0 Å². The van der Waals surface area contributed by atoms with Crippen LogP contribution in [0.5, 0.6) is 0 Å². The van der Waals surface area contributed by atoms with Crippen molar-refractivity contribution >= 4 is 11.9 Å². The Balaban J connectivity index is 1.65. The summed E-state index contributed by atoms with van der Waals surface area (Å²) < 4.78 is 0. The quantitative estimate of drug-likeness (QED) is 0.777. The predicted molar refractivity (Wildman–Crippen MR) is 85.4 cm³/mol. The average molecular weight is 298 g/mol. The minimum atomic E-state index is -0.515. The van der Waals surface area contributed by atoms with Crippen molar-refractivity contribution in [1.82, 2.24) is 14.9 Å². The second-order valence-electron chi connectivity index (χ2n) is 6.31. The molecule has 0 radical (unpaired) electrons. The second-order valence-corrected chi connectivity index (χ2v) is 6.31. The molecule has 1 aromatic rings. The number of terminal acetylenes is 1. The first-order chi connectivity index (χ1) is 10.5. The van der Waals surface area contributed by atoms with E-state index in [9.17, 15) is 4.79 Å². The lowest BCUT2D eigenvalue weighted by Crippen LogP contribution is -2.55. The van der Waals surface area contributed by atoms with Gasteiger partial charge in [0.1, 0.15) is 5.41 Å². The molecule has 1 amide bonds. The summed E-state index contributed by atoms with van der Waals surface area (Å²) in [5, 5.41) is 0. The van der Waals surface area contributed by atoms with Gasteiger partial charge in [0.25, 0.3) is 0 Å². The van der Waals surface area contributed by atoms with Gasteiger partial charge in [0.05, 0.1) is 0 Å². The molecule has 3 rings (SSSR count). The Morgan fingerprint density at radius 2 is 1.77 bits per heavy atom. The molecule has 22 heavy (non-hydrogen) atoms. The molecule has 0 bridgehead atoms. The molecule has 1 aliphatic heterocycles. The summed E-state index contributed by atoms with van der Waals surface area (Å²) in [6, 6.07) is 1.97. The monoisotopic (exact) mass is 298 g/mol. The predicted octanol–water partition coefficient (Wildman–Crippen LogP) is 1.55. The van der Waals surface area contributed by atoms with Crippen molar-refractivity contribution in [2.75, 3.05) is 31.1 Å². The van der Waals surface area contributed by atoms with Gasteiger partial charge in [-0.1, -0.05) is 5.92 Å². The number of piperazine rings is 1. The Hall–Kier alpha value is -2.09. The van der Waals surface area contributed by atoms with E-state index >= 15 is 0 Å². The fourth-order valence-corrected chi connectivity index (χ4v) is 3.21. The molecule has 1 saturated heterocycles. The summed E-state index contributed by atoms with van der Waals surface area (Å²) in [6.45, 7) is 6.86. The Morgan fingerprint density at radius 1 is 1.18 bits per heavy atom. The van der Waals surface area contributed by atoms with Gasteiger partial charge in [0.2, 0.25) is 11.9 Å². The number of aryl methyl sites for hydroxylation is 2. The Labute approximate surface area is 131 Å². The van der Waals surface area contributed by atoms with Crippen LogP contribution in [0.4, 0.5) is 5.95 Å². The van der Waals surface area contributed by atoms with Crippen molar-refractivity contribution in [3.05, 3.63) is 17.5 Å². The van der Waals surface area contributed by atoms with Crippen LogP contribution in [-0.4, -0.2) is 47.0 Å². The highest BCUT2D eigenvalue weighted by atomic mass is 16.2. The first-order valence-electron chi connectivity index (χ1n) is 7.88. The van der Waals surface area contributed by atoms with Crippen molar-refractivity contribution < 1.29 is 4.79 Å². The van der Waals surface area contributed by atoms with E-state index in [1.807, 2.05) is 24.8 Å². The number of hydrogen-bond acceptors (Lipinski definition) is 4. The number of rotatable bonds is 2. The van der Waals surface area contributed by atoms with E-state index in [2.05, 4.69) is 20.8 Å². The van der Waals surface area contributed by atoms with Crippen molar-refractivity contribution in [2.24, 2.45) is 5.41 Å². The second kappa shape index (κ2) is 5.60. The van der Waals surface area contributed by atoms with Gasteiger partial charge in [-0.3, -0.25) is 4.79 Å². The first kappa shape index (κ1) is 14.8. The fraction of sp³-hybridized carbons (Fsp3) is 0.588. The number of amides is 1. The molecule has 2 aliphatic rings. The van der Waals surface area contributed by atoms with Gasteiger partial charge < -0.3 is 9.80 Å². The maximum absolute atomic E-state index is 12.6. The molecule has 1 aliphatic carbocycles. The lowest BCUT2D eigenvalue weighted by Gasteiger charge is -2.42. The van der Waals surface area contributed by atoms with Crippen LogP contribution >= 0.6 is 0 Å². The SMILES string of the molecule is C#CC1(C(=O)N2CCN(c3nc(C)cc(C)n3)CC2)CCC1. The molecule has 1 saturated carbocycles. The lowest BCUT2D eigenvalue weighted by atomic mass is 9.68. The van der Waals surface area contributed by atoms with Gasteiger partial charge in [0, 0.05) is 37.6 Å². The summed E-state index contributed by atoms with van der Waals surface area (Å²) in [4.78, 5) is 25.7. The van der Waals surface area contributed by atoms with Crippen LogP contribution in [-0.2, 0) is 4.79 Å². The highest BCUT2D eigenvalue weighted by molar-refractivity contribution is 5.87. The third kappa shape index (κ3) is 2.54. The highest BCUT2D eigenvalue weighted by Crippen LogP contribution is 2.42. The number of carbonyl (C=O) groups excluding carboxylic acids is 1. The van der Waals surface area contributed by atoms with Gasteiger partial charge in [0.15, 0.2) is 0 Å². The Kier molecular flexibility index (Phi) is 3.78. The van der Waals surface area contributed by atoms with Gasteiger partial charge in [-0.2, -0.15) is 0 Å². The van der Waals surface area contributed by atoms with Gasteiger partial charge in [-0.25, -0.2) is 9.97 Å². The summed E-state index contributed by atoms with van der Waals surface area (Å²) in [5.74, 6) is 3.65. The zero-order valence-corrected chi connectivity index (χ0v) is 13.3. The topological polar surface area (TPSA) is 49.3 Å². The van der Waals surface area contributed by atoms with Gasteiger partial charge in [-0.05, 0) is 39.2 Å². The van der Waals surface area contributed by atoms with E-state index in [1.54, 1.807) is 0 Å². The first-order valence-corrected chi connectivity index (χ1v) is 7.88. The molecule has 0 unspecified atom stereocenters. The molecule has 0 atom stereocenters. The fourth-order valence-electron chi connectivity index (χ4n) is 3.21. The third-order valence-electron chi connectivity index (χ3n) is 4.71. The molecule has 2 heterocycles. The van der Waals surface area contributed by atoms with Gasteiger partial charge in [-0.15, -0.1) is 6.42 Å². The molecule has 0 N–H and O–H groups in total. The number of nitrogens with zero attached hydrogens (tertiary/aromatic N) is 4. The molecular weight excluding hydrogens is 276 g/mol. The van der Waals surface area contributed by atoms with E-state index in [-0.39, 0.29) is 5.91 Å². The Morgan fingerprint density at radius 3 is 2.23 bits per heavy atom. The molecule has 5 nitrogen and oxygen atoms in total. The molecule has 1 aromatic heterocycles. The smallest absolute Gasteiger partial charge is 0.240 e. The normalized spacial score (nSPS) is 20.2. The average Bonchev–Trinajstić information content (AvgIpc) is 2.46. The zero-order chi connectivity index (χ0) is 15.7. The minimum absolute atomic E-state index is 0.141. The number of carbonyl (C=O) groups is 1. The molecule has 116 valence electrons. The summed E-state index contributed by atoms with van der Waals surface area (Å²) in [7, 11) is 0. The molecule has 2 fully saturated rings. The molecule has 0 aromatic carbocycles. The van der Waals surface area contributed by atoms with Crippen LogP contribution in [0.2, 0.25) is 0 Å². The van der Waals surface area contributed by atoms with Crippen molar-refractivity contribution in [2.45, 2.75) is 33.1 Å². The molecular formula is C17H22N4O. The van der Waals surface area contributed by atoms with Crippen molar-refractivity contribution in [3.8, 4) is 12.3 Å². The standard InChI is InChI=1S/C17H22N4O/c1-4-17(6-5-7-17)15(22)20-8-10-21(11-9-20)16-18-13(2)12-14(3)19-16/h1,12H,5-11H2,2-3H3. The molecule has 0 spiro atoms. The van der Waals surface area contributed by atoms with Crippen molar-refractivity contribution in [3.63, 3.8) is 0 Å². The zero-order valence-electron chi connectivity index (χ0n) is 13.3. The summed E-state index contributed by atoms with van der Waals surface area (Å²) in [6.07, 6.45) is 8.33.